The number of hydrogen-bond acceptors (Lipinski definition) is 2. The Labute approximate surface area is 119 Å². The Morgan fingerprint density at radius 1 is 1.05 bits per heavy atom. The first-order chi connectivity index (χ1) is 9.47. The molecule has 0 amide bonds. The molecule has 0 spiro atoms. The van der Waals surface area contributed by atoms with Gasteiger partial charge in [-0.3, -0.25) is 0 Å². The van der Waals surface area contributed by atoms with Crippen molar-refractivity contribution < 1.29 is 13.9 Å². The van der Waals surface area contributed by atoms with E-state index in [1.807, 2.05) is 19.0 Å². The lowest BCUT2D eigenvalue weighted by molar-refractivity contribution is -0.0200. The number of rotatable bonds is 3. The summed E-state index contributed by atoms with van der Waals surface area (Å²) < 4.78 is 26.5. The summed E-state index contributed by atoms with van der Waals surface area (Å²) in [7, 11) is 3.91. The van der Waals surface area contributed by atoms with Crippen LogP contribution >= 0.6 is 0 Å². The quantitative estimate of drug-likeness (QED) is 0.856. The third kappa shape index (κ3) is 2.86. The Hall–Kier alpha value is -1.00. The largest absolute Gasteiger partial charge is 0.386 e. The van der Waals surface area contributed by atoms with Crippen LogP contribution in [0.2, 0.25) is 0 Å². The van der Waals surface area contributed by atoms with Crippen molar-refractivity contribution in [3.63, 3.8) is 0 Å². The summed E-state index contributed by atoms with van der Waals surface area (Å²) in [6, 6.07) is 3.70. The van der Waals surface area contributed by atoms with E-state index in [4.69, 9.17) is 0 Å². The summed E-state index contributed by atoms with van der Waals surface area (Å²) in [4.78, 5) is 2.05. The Bertz CT molecular complexity index is 454. The first-order valence-corrected chi connectivity index (χ1v) is 7.28. The average Bonchev–Trinajstić information content (AvgIpc) is 2.67. The first kappa shape index (κ1) is 15.4. The van der Waals surface area contributed by atoms with Gasteiger partial charge in [-0.05, 0) is 44.6 Å². The fourth-order valence-electron chi connectivity index (χ4n) is 3.30. The van der Waals surface area contributed by atoms with Gasteiger partial charge in [-0.1, -0.05) is 31.7 Å². The fraction of sp³-hybridized carbons (Fsp3) is 0.625. The van der Waals surface area contributed by atoms with Gasteiger partial charge in [0.1, 0.15) is 0 Å². The Morgan fingerprint density at radius 3 is 2.15 bits per heavy atom. The van der Waals surface area contributed by atoms with Crippen molar-refractivity contribution in [3.05, 3.63) is 35.4 Å². The maximum Gasteiger partial charge on any atom is 0.159 e. The molecule has 1 fully saturated rings. The van der Waals surface area contributed by atoms with E-state index in [2.05, 4.69) is 0 Å². The number of likely N-dealkylation sites (N-methyl/N-ethyl adjacent to an activating group) is 1. The van der Waals surface area contributed by atoms with E-state index in [1.165, 1.54) is 18.9 Å². The molecule has 0 aliphatic heterocycles. The minimum Gasteiger partial charge on any atom is -0.386 e. The molecular formula is C16H23F2NO. The highest BCUT2D eigenvalue weighted by molar-refractivity contribution is 5.23. The normalized spacial score (nSPS) is 20.7. The molecule has 112 valence electrons. The van der Waals surface area contributed by atoms with Gasteiger partial charge in [-0.2, -0.15) is 0 Å². The Kier molecular flexibility index (Phi) is 4.76. The molecular weight excluding hydrogens is 260 g/mol. The zero-order chi connectivity index (χ0) is 14.8. The number of hydrogen-bond donors (Lipinski definition) is 1. The van der Waals surface area contributed by atoms with E-state index in [0.29, 0.717) is 5.56 Å². The molecule has 0 radical (unpaired) electrons. The molecule has 1 atom stereocenters. The predicted molar refractivity (Wildman–Crippen MR) is 75.4 cm³/mol. The summed E-state index contributed by atoms with van der Waals surface area (Å²) in [5.41, 5.74) is 0.0697. The smallest absolute Gasteiger partial charge is 0.159 e. The fourth-order valence-corrected chi connectivity index (χ4v) is 3.30. The molecule has 1 aromatic rings. The van der Waals surface area contributed by atoms with E-state index in [-0.39, 0.29) is 5.54 Å². The van der Waals surface area contributed by atoms with Crippen molar-refractivity contribution >= 4 is 0 Å². The van der Waals surface area contributed by atoms with Gasteiger partial charge in [-0.15, -0.1) is 0 Å². The highest BCUT2D eigenvalue weighted by Gasteiger charge is 2.41. The molecule has 4 heteroatoms. The average molecular weight is 283 g/mol. The van der Waals surface area contributed by atoms with Crippen molar-refractivity contribution in [2.45, 2.75) is 50.2 Å². The molecule has 1 N–H and O–H groups in total. The van der Waals surface area contributed by atoms with Crippen molar-refractivity contribution in [2.75, 3.05) is 14.1 Å². The standard InChI is InChI=1S/C16H23F2NO/c1-19(2)16(9-5-3-4-6-10-16)15(20)12-7-8-13(17)14(18)11-12/h7-8,11,15,20H,3-6,9-10H2,1-2H3. The van der Waals surface area contributed by atoms with Gasteiger partial charge in [0.25, 0.3) is 0 Å². The zero-order valence-corrected chi connectivity index (χ0v) is 12.2. The van der Waals surface area contributed by atoms with Crippen LogP contribution in [-0.2, 0) is 0 Å². The molecule has 1 aliphatic carbocycles. The molecule has 0 aromatic heterocycles. The monoisotopic (exact) mass is 283 g/mol. The topological polar surface area (TPSA) is 23.5 Å². The minimum absolute atomic E-state index is 0.388. The number of halogens is 2. The highest BCUT2D eigenvalue weighted by Crippen LogP contribution is 2.41. The van der Waals surface area contributed by atoms with Crippen LogP contribution in [0.15, 0.2) is 18.2 Å². The van der Waals surface area contributed by atoms with Crippen molar-refractivity contribution in [1.29, 1.82) is 0 Å². The number of aliphatic hydroxyl groups is 1. The Morgan fingerprint density at radius 2 is 1.65 bits per heavy atom. The van der Waals surface area contributed by atoms with Gasteiger partial charge in [0, 0.05) is 0 Å². The van der Waals surface area contributed by atoms with Crippen LogP contribution < -0.4 is 0 Å². The van der Waals surface area contributed by atoms with E-state index < -0.39 is 17.7 Å². The first-order valence-electron chi connectivity index (χ1n) is 7.28. The predicted octanol–water partition coefficient (Wildman–Crippen LogP) is 3.65. The van der Waals surface area contributed by atoms with Crippen molar-refractivity contribution in [1.82, 2.24) is 4.90 Å². The van der Waals surface area contributed by atoms with Gasteiger partial charge >= 0.3 is 0 Å². The van der Waals surface area contributed by atoms with Crippen LogP contribution in [0, 0.1) is 11.6 Å². The number of benzene rings is 1. The van der Waals surface area contributed by atoms with Gasteiger partial charge < -0.3 is 10.0 Å². The number of nitrogens with zero attached hydrogens (tertiary/aromatic N) is 1. The van der Waals surface area contributed by atoms with Crippen molar-refractivity contribution in [3.8, 4) is 0 Å². The lowest BCUT2D eigenvalue weighted by Crippen LogP contribution is -2.49. The SMILES string of the molecule is CN(C)C1(C(O)c2ccc(F)c(F)c2)CCCCCC1. The molecule has 1 aromatic carbocycles. The molecule has 2 nitrogen and oxygen atoms in total. The van der Waals surface area contributed by atoms with Crippen LogP contribution in [0.4, 0.5) is 8.78 Å². The van der Waals surface area contributed by atoms with Crippen LogP contribution in [0.1, 0.15) is 50.2 Å². The second kappa shape index (κ2) is 6.19. The molecule has 0 saturated heterocycles. The molecule has 0 heterocycles. The molecule has 1 aliphatic rings. The highest BCUT2D eigenvalue weighted by atomic mass is 19.2. The molecule has 1 saturated carbocycles. The third-order valence-electron chi connectivity index (χ3n) is 4.63. The van der Waals surface area contributed by atoms with Crippen LogP contribution in [0.5, 0.6) is 0 Å². The van der Waals surface area contributed by atoms with Gasteiger partial charge in [-0.25, -0.2) is 8.78 Å². The second-order valence-electron chi connectivity index (χ2n) is 5.99. The summed E-state index contributed by atoms with van der Waals surface area (Å²) in [6.45, 7) is 0. The number of aliphatic hydroxyl groups excluding tert-OH is 1. The Balaban J connectivity index is 2.34. The maximum atomic E-state index is 13.4. The van der Waals surface area contributed by atoms with Crippen LogP contribution in [0.25, 0.3) is 0 Å². The summed E-state index contributed by atoms with van der Waals surface area (Å²) in [6.07, 6.45) is 5.39. The van der Waals surface area contributed by atoms with Gasteiger partial charge in [0.05, 0.1) is 11.6 Å². The maximum absolute atomic E-state index is 13.4. The lowest BCUT2D eigenvalue weighted by atomic mass is 9.80. The van der Waals surface area contributed by atoms with Crippen LogP contribution in [0.3, 0.4) is 0 Å². The summed E-state index contributed by atoms with van der Waals surface area (Å²) >= 11 is 0. The van der Waals surface area contributed by atoms with Crippen molar-refractivity contribution in [2.24, 2.45) is 0 Å². The van der Waals surface area contributed by atoms with E-state index in [9.17, 15) is 13.9 Å². The third-order valence-corrected chi connectivity index (χ3v) is 4.63. The molecule has 0 bridgehead atoms. The van der Waals surface area contributed by atoms with Crippen LogP contribution in [-0.4, -0.2) is 29.6 Å². The molecule has 1 unspecified atom stereocenters. The molecule has 20 heavy (non-hydrogen) atoms. The molecule has 2 rings (SSSR count). The van der Waals surface area contributed by atoms with Gasteiger partial charge in [0.2, 0.25) is 0 Å². The lowest BCUT2D eigenvalue weighted by Gasteiger charge is -2.43. The van der Waals surface area contributed by atoms with E-state index in [1.54, 1.807) is 0 Å². The summed E-state index contributed by atoms with van der Waals surface area (Å²) in [5.74, 6) is -1.77. The van der Waals surface area contributed by atoms with E-state index in [0.717, 1.165) is 37.8 Å². The minimum atomic E-state index is -0.899. The zero-order valence-electron chi connectivity index (χ0n) is 12.2. The summed E-state index contributed by atoms with van der Waals surface area (Å²) in [5, 5.41) is 10.8. The van der Waals surface area contributed by atoms with E-state index >= 15 is 0 Å². The second-order valence-corrected chi connectivity index (χ2v) is 5.99. The van der Waals surface area contributed by atoms with Gasteiger partial charge in [0.15, 0.2) is 11.6 Å².